The minimum Gasteiger partial charge on any atom is -0.504 e. The van der Waals surface area contributed by atoms with Crippen LogP contribution in [0.1, 0.15) is 17.3 Å². The van der Waals surface area contributed by atoms with Crippen molar-refractivity contribution in [3.8, 4) is 11.5 Å². The third kappa shape index (κ3) is 3.77. The molecule has 1 rings (SSSR count). The lowest BCUT2D eigenvalue weighted by Crippen LogP contribution is -2.34. The molecule has 0 aliphatic carbocycles. The molecule has 1 atom stereocenters. The number of amides is 1. The first-order valence-electron chi connectivity index (χ1n) is 5.62. The molecule has 0 saturated carbocycles. The number of nitrogens with one attached hydrogen (secondary N) is 1. The SMILES string of the molecule is COc1ccc(C(=O)NCC(C)C(N)=NO)cc1O. The Balaban J connectivity index is 2.66. The number of amidine groups is 1. The summed E-state index contributed by atoms with van der Waals surface area (Å²) in [5.41, 5.74) is 5.69. The van der Waals surface area contributed by atoms with Crippen LogP contribution in [0.5, 0.6) is 11.5 Å². The monoisotopic (exact) mass is 267 g/mol. The second-order valence-electron chi connectivity index (χ2n) is 4.02. The van der Waals surface area contributed by atoms with E-state index >= 15 is 0 Å². The summed E-state index contributed by atoms with van der Waals surface area (Å²) >= 11 is 0. The van der Waals surface area contributed by atoms with Crippen LogP contribution in [0.2, 0.25) is 0 Å². The first-order chi connectivity index (χ1) is 8.99. The average molecular weight is 267 g/mol. The molecule has 0 fully saturated rings. The van der Waals surface area contributed by atoms with Crippen LogP contribution in [0.3, 0.4) is 0 Å². The van der Waals surface area contributed by atoms with E-state index in [0.717, 1.165) is 0 Å². The van der Waals surface area contributed by atoms with Gasteiger partial charge >= 0.3 is 0 Å². The lowest BCUT2D eigenvalue weighted by atomic mass is 10.1. The number of ether oxygens (including phenoxy) is 1. The van der Waals surface area contributed by atoms with Crippen LogP contribution >= 0.6 is 0 Å². The first-order valence-corrected chi connectivity index (χ1v) is 5.62. The number of carbonyl (C=O) groups excluding carboxylic acids is 1. The highest BCUT2D eigenvalue weighted by molar-refractivity contribution is 5.95. The number of nitrogens with two attached hydrogens (primary N) is 1. The summed E-state index contributed by atoms with van der Waals surface area (Å²) in [6.45, 7) is 1.93. The molecule has 1 unspecified atom stereocenters. The van der Waals surface area contributed by atoms with Gasteiger partial charge in [-0.1, -0.05) is 12.1 Å². The number of hydrogen-bond donors (Lipinski definition) is 4. The van der Waals surface area contributed by atoms with E-state index in [0.29, 0.717) is 11.3 Å². The molecule has 7 nitrogen and oxygen atoms in total. The van der Waals surface area contributed by atoms with Crippen molar-refractivity contribution in [2.45, 2.75) is 6.92 Å². The molecule has 0 heterocycles. The van der Waals surface area contributed by atoms with E-state index in [1.807, 2.05) is 0 Å². The number of aromatic hydroxyl groups is 1. The van der Waals surface area contributed by atoms with Crippen molar-refractivity contribution in [2.75, 3.05) is 13.7 Å². The number of hydrogen-bond acceptors (Lipinski definition) is 5. The average Bonchev–Trinajstić information content (AvgIpc) is 2.43. The molecule has 1 aromatic rings. The topological polar surface area (TPSA) is 117 Å². The van der Waals surface area contributed by atoms with E-state index < -0.39 is 0 Å². The van der Waals surface area contributed by atoms with E-state index in [9.17, 15) is 9.90 Å². The second-order valence-corrected chi connectivity index (χ2v) is 4.02. The summed E-state index contributed by atoms with van der Waals surface area (Å²) in [6.07, 6.45) is 0. The Hall–Kier alpha value is -2.44. The Kier molecular flexibility index (Phi) is 4.99. The van der Waals surface area contributed by atoms with Gasteiger partial charge in [0.25, 0.3) is 5.91 Å². The molecular weight excluding hydrogens is 250 g/mol. The Labute approximate surface area is 110 Å². The van der Waals surface area contributed by atoms with Crippen LogP contribution in [0.4, 0.5) is 0 Å². The zero-order chi connectivity index (χ0) is 14.4. The molecule has 0 spiro atoms. The Morgan fingerprint density at radius 1 is 1.58 bits per heavy atom. The number of phenols is 1. The van der Waals surface area contributed by atoms with E-state index in [-0.39, 0.29) is 30.0 Å². The van der Waals surface area contributed by atoms with Crippen LogP contribution < -0.4 is 15.8 Å². The maximum atomic E-state index is 11.8. The van der Waals surface area contributed by atoms with E-state index in [4.69, 9.17) is 15.7 Å². The van der Waals surface area contributed by atoms with Crippen molar-refractivity contribution >= 4 is 11.7 Å². The largest absolute Gasteiger partial charge is 0.504 e. The van der Waals surface area contributed by atoms with E-state index in [1.165, 1.54) is 25.3 Å². The molecule has 0 aliphatic rings. The van der Waals surface area contributed by atoms with Gasteiger partial charge < -0.3 is 26.1 Å². The second kappa shape index (κ2) is 6.48. The molecule has 7 heteroatoms. The minimum absolute atomic E-state index is 0.0397. The van der Waals surface area contributed by atoms with Gasteiger partial charge in [0.1, 0.15) is 5.84 Å². The molecule has 0 saturated heterocycles. The fourth-order valence-corrected chi connectivity index (χ4v) is 1.38. The summed E-state index contributed by atoms with van der Waals surface area (Å²) in [6, 6.07) is 4.33. The van der Waals surface area contributed by atoms with Gasteiger partial charge in [-0.3, -0.25) is 4.79 Å². The molecule has 0 aromatic heterocycles. The van der Waals surface area contributed by atoms with Crippen LogP contribution in [-0.2, 0) is 0 Å². The first kappa shape index (κ1) is 14.6. The maximum absolute atomic E-state index is 11.8. The highest BCUT2D eigenvalue weighted by Gasteiger charge is 2.12. The molecule has 1 aromatic carbocycles. The van der Waals surface area contributed by atoms with Crippen LogP contribution in [0, 0.1) is 5.92 Å². The van der Waals surface area contributed by atoms with E-state index in [1.54, 1.807) is 6.92 Å². The third-order valence-electron chi connectivity index (χ3n) is 2.63. The summed E-state index contributed by atoms with van der Waals surface area (Å²) in [4.78, 5) is 11.8. The highest BCUT2D eigenvalue weighted by Crippen LogP contribution is 2.26. The molecular formula is C12H17N3O4. The smallest absolute Gasteiger partial charge is 0.251 e. The number of benzene rings is 1. The Bertz CT molecular complexity index is 488. The lowest BCUT2D eigenvalue weighted by Gasteiger charge is -2.11. The fourth-order valence-electron chi connectivity index (χ4n) is 1.38. The number of rotatable bonds is 5. The van der Waals surface area contributed by atoms with Crippen LogP contribution in [0.15, 0.2) is 23.4 Å². The molecule has 0 aliphatic heterocycles. The summed E-state index contributed by atoms with van der Waals surface area (Å²) in [5.74, 6) is -0.435. The number of methoxy groups -OCH3 is 1. The lowest BCUT2D eigenvalue weighted by molar-refractivity contribution is 0.0950. The van der Waals surface area contributed by atoms with Crippen LogP contribution in [0.25, 0.3) is 0 Å². The number of nitrogens with zero attached hydrogens (tertiary/aromatic N) is 1. The Morgan fingerprint density at radius 3 is 2.79 bits per heavy atom. The zero-order valence-corrected chi connectivity index (χ0v) is 10.8. The van der Waals surface area contributed by atoms with Crippen molar-refractivity contribution in [1.82, 2.24) is 5.32 Å². The quantitative estimate of drug-likeness (QED) is 0.268. The summed E-state index contributed by atoms with van der Waals surface area (Å²) < 4.78 is 4.88. The van der Waals surface area contributed by atoms with Gasteiger partial charge in [0.05, 0.1) is 7.11 Å². The van der Waals surface area contributed by atoms with Gasteiger partial charge in [0.2, 0.25) is 0 Å². The molecule has 19 heavy (non-hydrogen) atoms. The maximum Gasteiger partial charge on any atom is 0.251 e. The zero-order valence-electron chi connectivity index (χ0n) is 10.8. The minimum atomic E-state index is -0.365. The molecule has 5 N–H and O–H groups in total. The number of carbonyl (C=O) groups is 1. The van der Waals surface area contributed by atoms with Crippen LogP contribution in [-0.4, -0.2) is 35.7 Å². The number of oxime groups is 1. The normalized spacial score (nSPS) is 12.8. The fraction of sp³-hybridized carbons (Fsp3) is 0.333. The standard InChI is InChI=1S/C12H17N3O4/c1-7(11(13)15-18)6-14-12(17)8-3-4-10(19-2)9(16)5-8/h3-5,7,16,18H,6H2,1-2H3,(H2,13,15)(H,14,17). The van der Waals surface area contributed by atoms with Gasteiger partial charge in [-0.15, -0.1) is 0 Å². The molecule has 0 bridgehead atoms. The number of phenolic OH excluding ortho intramolecular Hbond substituents is 1. The van der Waals surface area contributed by atoms with E-state index in [2.05, 4.69) is 10.5 Å². The van der Waals surface area contributed by atoms with Gasteiger partial charge in [-0.2, -0.15) is 0 Å². The van der Waals surface area contributed by atoms with Crippen molar-refractivity contribution in [3.05, 3.63) is 23.8 Å². The predicted molar refractivity (Wildman–Crippen MR) is 69.6 cm³/mol. The van der Waals surface area contributed by atoms with Gasteiger partial charge in [-0.25, -0.2) is 0 Å². The van der Waals surface area contributed by atoms with Gasteiger partial charge in [0, 0.05) is 18.0 Å². The van der Waals surface area contributed by atoms with Crippen molar-refractivity contribution in [2.24, 2.45) is 16.8 Å². The Morgan fingerprint density at radius 2 is 2.26 bits per heavy atom. The van der Waals surface area contributed by atoms with Gasteiger partial charge in [0.15, 0.2) is 11.5 Å². The van der Waals surface area contributed by atoms with Crippen molar-refractivity contribution in [3.63, 3.8) is 0 Å². The summed E-state index contributed by atoms with van der Waals surface area (Å²) in [5, 5.41) is 23.5. The van der Waals surface area contributed by atoms with Gasteiger partial charge in [-0.05, 0) is 18.2 Å². The molecule has 104 valence electrons. The predicted octanol–water partition coefficient (Wildman–Crippen LogP) is 0.513. The highest BCUT2D eigenvalue weighted by atomic mass is 16.5. The van der Waals surface area contributed by atoms with Crippen molar-refractivity contribution < 1.29 is 19.8 Å². The third-order valence-corrected chi connectivity index (χ3v) is 2.63. The van der Waals surface area contributed by atoms with Crippen molar-refractivity contribution in [1.29, 1.82) is 0 Å². The molecule has 0 radical (unpaired) electrons. The molecule has 1 amide bonds. The summed E-state index contributed by atoms with van der Waals surface area (Å²) in [7, 11) is 1.42.